The van der Waals surface area contributed by atoms with Gasteiger partial charge < -0.3 is 15.2 Å². The number of rotatable bonds is 2. The Balaban J connectivity index is 2.01. The first-order valence-corrected chi connectivity index (χ1v) is 6.77. The van der Waals surface area contributed by atoms with E-state index in [1.54, 1.807) is 17.6 Å². The Hall–Kier alpha value is -2.50. The Morgan fingerprint density at radius 2 is 1.86 bits per heavy atom. The second-order valence-electron chi connectivity index (χ2n) is 5.10. The summed E-state index contributed by atoms with van der Waals surface area (Å²) < 4.78 is 12.6. The predicted octanol–water partition coefficient (Wildman–Crippen LogP) is 1.26. The predicted molar refractivity (Wildman–Crippen MR) is 78.9 cm³/mol. The molecule has 0 spiro atoms. The van der Waals surface area contributed by atoms with Crippen LogP contribution in [0.25, 0.3) is 0 Å². The molecule has 0 saturated heterocycles. The molecule has 1 aliphatic rings. The maximum atomic E-state index is 12.0. The van der Waals surface area contributed by atoms with E-state index in [4.69, 9.17) is 15.2 Å². The van der Waals surface area contributed by atoms with E-state index < -0.39 is 0 Å². The third-order valence-electron chi connectivity index (χ3n) is 3.48. The van der Waals surface area contributed by atoms with Crippen molar-refractivity contribution in [1.29, 1.82) is 0 Å². The van der Waals surface area contributed by atoms with Crippen LogP contribution in [0, 0.1) is 13.8 Å². The minimum Gasteiger partial charge on any atom is -0.486 e. The highest BCUT2D eigenvalue weighted by Crippen LogP contribution is 2.34. The lowest BCUT2D eigenvalue weighted by Gasteiger charge is -2.20. The highest BCUT2D eigenvalue weighted by molar-refractivity contribution is 5.58. The maximum absolute atomic E-state index is 12.0. The molecule has 110 valence electrons. The summed E-state index contributed by atoms with van der Waals surface area (Å²) in [4.78, 5) is 16.0. The van der Waals surface area contributed by atoms with Gasteiger partial charge in [-0.2, -0.15) is 4.98 Å². The van der Waals surface area contributed by atoms with Gasteiger partial charge in [0.2, 0.25) is 0 Å². The van der Waals surface area contributed by atoms with E-state index in [2.05, 4.69) is 4.98 Å². The van der Waals surface area contributed by atoms with E-state index in [1.807, 2.05) is 19.1 Å². The van der Waals surface area contributed by atoms with Crippen molar-refractivity contribution < 1.29 is 9.47 Å². The number of fused-ring (bicyclic) bond motifs is 1. The Labute approximate surface area is 122 Å². The van der Waals surface area contributed by atoms with Crippen LogP contribution in [0.1, 0.15) is 17.0 Å². The summed E-state index contributed by atoms with van der Waals surface area (Å²) in [5, 5.41) is 0. The van der Waals surface area contributed by atoms with Gasteiger partial charge in [0, 0.05) is 23.1 Å². The topological polar surface area (TPSA) is 79.4 Å². The van der Waals surface area contributed by atoms with Crippen LogP contribution in [0.15, 0.2) is 23.0 Å². The number of hydrogen-bond donors (Lipinski definition) is 1. The van der Waals surface area contributed by atoms with Crippen LogP contribution in [-0.2, 0) is 6.54 Å². The Bertz CT molecular complexity index is 753. The standard InChI is InChI=1S/C15H17N3O3/c1-9-5-10(2)18(15(19)17-9)8-11-6-13-14(7-12(11)16)21-4-3-20-13/h5-7H,3-4,8,16H2,1-2H3. The molecule has 0 radical (unpaired) electrons. The molecule has 2 N–H and O–H groups in total. The molecular formula is C15H17N3O3. The molecule has 0 fully saturated rings. The number of nitrogen functional groups attached to an aromatic ring is 1. The lowest BCUT2D eigenvalue weighted by atomic mass is 10.1. The van der Waals surface area contributed by atoms with E-state index in [0.29, 0.717) is 42.6 Å². The van der Waals surface area contributed by atoms with E-state index >= 15 is 0 Å². The minimum absolute atomic E-state index is 0.276. The zero-order valence-electron chi connectivity index (χ0n) is 12.0. The average Bonchev–Trinajstić information content (AvgIpc) is 2.43. The second kappa shape index (κ2) is 5.12. The molecule has 0 saturated carbocycles. The van der Waals surface area contributed by atoms with Crippen molar-refractivity contribution in [2.75, 3.05) is 18.9 Å². The highest BCUT2D eigenvalue weighted by atomic mass is 16.6. The van der Waals surface area contributed by atoms with Crippen LogP contribution >= 0.6 is 0 Å². The second-order valence-corrected chi connectivity index (χ2v) is 5.10. The first kappa shape index (κ1) is 13.5. The fraction of sp³-hybridized carbons (Fsp3) is 0.333. The summed E-state index contributed by atoms with van der Waals surface area (Å²) in [6.45, 7) is 5.08. The van der Waals surface area contributed by atoms with Gasteiger partial charge in [-0.15, -0.1) is 0 Å². The molecule has 1 aliphatic heterocycles. The van der Waals surface area contributed by atoms with E-state index in [9.17, 15) is 4.79 Å². The lowest BCUT2D eigenvalue weighted by molar-refractivity contribution is 0.171. The monoisotopic (exact) mass is 287 g/mol. The number of benzene rings is 1. The van der Waals surface area contributed by atoms with Crippen molar-refractivity contribution in [3.05, 3.63) is 45.6 Å². The van der Waals surface area contributed by atoms with Crippen LogP contribution in [0.3, 0.4) is 0 Å². The highest BCUT2D eigenvalue weighted by Gasteiger charge is 2.15. The summed E-state index contributed by atoms with van der Waals surface area (Å²) in [5.74, 6) is 1.31. The third kappa shape index (κ3) is 2.56. The molecule has 0 unspecified atom stereocenters. The fourth-order valence-corrected chi connectivity index (χ4v) is 2.42. The van der Waals surface area contributed by atoms with Crippen molar-refractivity contribution in [1.82, 2.24) is 9.55 Å². The van der Waals surface area contributed by atoms with Crippen LogP contribution in [0.2, 0.25) is 0 Å². The SMILES string of the molecule is Cc1cc(C)n(Cc2cc3c(cc2N)OCCO3)c(=O)n1. The number of aryl methyl sites for hydroxylation is 2. The quantitative estimate of drug-likeness (QED) is 0.841. The Morgan fingerprint density at radius 1 is 1.19 bits per heavy atom. The zero-order chi connectivity index (χ0) is 15.0. The van der Waals surface area contributed by atoms with Crippen LogP contribution in [0.4, 0.5) is 5.69 Å². The van der Waals surface area contributed by atoms with Crippen molar-refractivity contribution in [2.24, 2.45) is 0 Å². The number of hydrogen-bond acceptors (Lipinski definition) is 5. The van der Waals surface area contributed by atoms with Crippen molar-refractivity contribution >= 4 is 5.69 Å². The molecule has 2 aromatic rings. The minimum atomic E-state index is -0.276. The number of anilines is 1. The zero-order valence-corrected chi connectivity index (χ0v) is 12.0. The molecule has 1 aromatic carbocycles. The van der Waals surface area contributed by atoms with Crippen molar-refractivity contribution in [2.45, 2.75) is 20.4 Å². The fourth-order valence-electron chi connectivity index (χ4n) is 2.42. The van der Waals surface area contributed by atoms with Crippen LogP contribution in [0.5, 0.6) is 11.5 Å². The Morgan fingerprint density at radius 3 is 2.52 bits per heavy atom. The number of nitrogens with zero attached hydrogens (tertiary/aromatic N) is 2. The summed E-state index contributed by atoms with van der Waals surface area (Å²) >= 11 is 0. The number of nitrogens with two attached hydrogens (primary N) is 1. The first-order chi connectivity index (χ1) is 10.0. The molecule has 3 rings (SSSR count). The normalized spacial score (nSPS) is 13.2. The van der Waals surface area contributed by atoms with E-state index in [0.717, 1.165) is 11.3 Å². The molecule has 2 heterocycles. The van der Waals surface area contributed by atoms with Crippen LogP contribution in [-0.4, -0.2) is 22.8 Å². The molecule has 6 heteroatoms. The van der Waals surface area contributed by atoms with Gasteiger partial charge in [-0.1, -0.05) is 0 Å². The third-order valence-corrected chi connectivity index (χ3v) is 3.48. The van der Waals surface area contributed by atoms with Gasteiger partial charge in [0.1, 0.15) is 13.2 Å². The molecule has 21 heavy (non-hydrogen) atoms. The molecule has 0 atom stereocenters. The van der Waals surface area contributed by atoms with Gasteiger partial charge in [0.05, 0.1) is 6.54 Å². The molecule has 0 amide bonds. The molecule has 0 aliphatic carbocycles. The summed E-state index contributed by atoms with van der Waals surface area (Å²) in [5.41, 5.74) is 8.73. The molecule has 6 nitrogen and oxygen atoms in total. The number of ether oxygens (including phenoxy) is 2. The number of aromatic nitrogens is 2. The van der Waals surface area contributed by atoms with E-state index in [1.165, 1.54) is 0 Å². The first-order valence-electron chi connectivity index (χ1n) is 6.77. The van der Waals surface area contributed by atoms with Gasteiger partial charge in [0.15, 0.2) is 11.5 Å². The van der Waals surface area contributed by atoms with Crippen LogP contribution < -0.4 is 20.9 Å². The average molecular weight is 287 g/mol. The van der Waals surface area contributed by atoms with Gasteiger partial charge in [-0.05, 0) is 31.5 Å². The maximum Gasteiger partial charge on any atom is 0.348 e. The lowest BCUT2D eigenvalue weighted by Crippen LogP contribution is -2.26. The van der Waals surface area contributed by atoms with E-state index in [-0.39, 0.29) is 5.69 Å². The summed E-state index contributed by atoms with van der Waals surface area (Å²) in [6, 6.07) is 5.44. The van der Waals surface area contributed by atoms with Crippen molar-refractivity contribution in [3.63, 3.8) is 0 Å². The largest absolute Gasteiger partial charge is 0.486 e. The van der Waals surface area contributed by atoms with Gasteiger partial charge in [-0.25, -0.2) is 4.79 Å². The smallest absolute Gasteiger partial charge is 0.348 e. The molecule has 1 aromatic heterocycles. The van der Waals surface area contributed by atoms with Gasteiger partial charge in [0.25, 0.3) is 0 Å². The van der Waals surface area contributed by atoms with Crippen molar-refractivity contribution in [3.8, 4) is 11.5 Å². The van der Waals surface area contributed by atoms with Gasteiger partial charge >= 0.3 is 5.69 Å². The summed E-state index contributed by atoms with van der Waals surface area (Å²) in [7, 11) is 0. The molecule has 0 bridgehead atoms. The Kier molecular flexibility index (Phi) is 3.29. The van der Waals surface area contributed by atoms with Gasteiger partial charge in [-0.3, -0.25) is 4.57 Å². The molecular weight excluding hydrogens is 270 g/mol. The summed E-state index contributed by atoms with van der Waals surface area (Å²) in [6.07, 6.45) is 0.